The third-order valence-electron chi connectivity index (χ3n) is 11.4. The molecule has 1 unspecified atom stereocenters. The van der Waals surface area contributed by atoms with Gasteiger partial charge < -0.3 is 14.2 Å². The minimum absolute atomic E-state index is 0.0805. The summed E-state index contributed by atoms with van der Waals surface area (Å²) in [6.45, 7) is 6.46. The van der Waals surface area contributed by atoms with Crippen molar-refractivity contribution < 1.29 is 28.6 Å². The van der Waals surface area contributed by atoms with Crippen molar-refractivity contribution in [3.63, 3.8) is 0 Å². The van der Waals surface area contributed by atoms with Gasteiger partial charge in [0, 0.05) is 19.3 Å². The SMILES string of the molecule is CC/C=C\C/C=C\C/C=C\C/C=C\CCCCCCCCCCC(=O)OCC(COC(=O)CCCCCCCCC)OC(=O)CCCCCCCCC/C=C\C/C=C\CCCCCC. The summed E-state index contributed by atoms with van der Waals surface area (Å²) in [5.41, 5.74) is 0. The third kappa shape index (κ3) is 49.9. The normalized spacial score (nSPS) is 12.6. The van der Waals surface area contributed by atoms with Crippen molar-refractivity contribution >= 4 is 17.9 Å². The zero-order chi connectivity index (χ0) is 46.5. The molecule has 0 aromatic heterocycles. The number of allylic oxidation sites excluding steroid dienone is 12. The molecule has 0 aromatic carbocycles. The van der Waals surface area contributed by atoms with E-state index in [1.807, 2.05) is 0 Å². The molecule has 1 atom stereocenters. The maximum Gasteiger partial charge on any atom is 0.306 e. The first-order valence-corrected chi connectivity index (χ1v) is 26.9. The minimum atomic E-state index is -0.780. The number of hydrogen-bond donors (Lipinski definition) is 0. The molecule has 0 amide bonds. The summed E-state index contributed by atoms with van der Waals surface area (Å²) < 4.78 is 16.8. The Bertz CT molecular complexity index is 1210. The smallest absolute Gasteiger partial charge is 0.306 e. The van der Waals surface area contributed by atoms with Crippen LogP contribution in [0, 0.1) is 0 Å². The Kier molecular flexibility index (Phi) is 49.9. The van der Waals surface area contributed by atoms with Crippen LogP contribution in [0.4, 0.5) is 0 Å². The van der Waals surface area contributed by atoms with E-state index in [1.54, 1.807) is 0 Å². The molecule has 368 valence electrons. The van der Waals surface area contributed by atoms with Crippen molar-refractivity contribution in [1.82, 2.24) is 0 Å². The van der Waals surface area contributed by atoms with Gasteiger partial charge in [-0.05, 0) is 89.9 Å². The fourth-order valence-corrected chi connectivity index (χ4v) is 7.40. The zero-order valence-corrected chi connectivity index (χ0v) is 42.0. The van der Waals surface area contributed by atoms with Crippen LogP contribution in [0.25, 0.3) is 0 Å². The van der Waals surface area contributed by atoms with E-state index >= 15 is 0 Å². The van der Waals surface area contributed by atoms with Crippen LogP contribution in [0.3, 0.4) is 0 Å². The lowest BCUT2D eigenvalue weighted by Crippen LogP contribution is -2.30. The molecule has 0 heterocycles. The lowest BCUT2D eigenvalue weighted by Gasteiger charge is -2.18. The Morgan fingerprint density at radius 2 is 0.609 bits per heavy atom. The number of carbonyl (C=O) groups is 3. The molecule has 6 heteroatoms. The van der Waals surface area contributed by atoms with E-state index in [0.717, 1.165) is 103 Å². The Hall–Kier alpha value is -3.15. The Balaban J connectivity index is 4.25. The number of unbranched alkanes of at least 4 members (excludes halogenated alkanes) is 25. The van der Waals surface area contributed by atoms with Crippen LogP contribution < -0.4 is 0 Å². The van der Waals surface area contributed by atoms with E-state index in [9.17, 15) is 14.4 Å². The van der Waals surface area contributed by atoms with Crippen molar-refractivity contribution in [3.8, 4) is 0 Å². The van der Waals surface area contributed by atoms with Crippen molar-refractivity contribution in [3.05, 3.63) is 72.9 Å². The molecule has 0 fully saturated rings. The molecular formula is C58H100O6. The number of carbonyl (C=O) groups excluding carboxylic acids is 3. The van der Waals surface area contributed by atoms with Crippen LogP contribution in [-0.2, 0) is 28.6 Å². The fourth-order valence-electron chi connectivity index (χ4n) is 7.40. The van der Waals surface area contributed by atoms with E-state index in [-0.39, 0.29) is 31.1 Å². The summed E-state index contributed by atoms with van der Waals surface area (Å²) in [5, 5.41) is 0. The van der Waals surface area contributed by atoms with Crippen LogP contribution in [0.2, 0.25) is 0 Å². The largest absolute Gasteiger partial charge is 0.462 e. The summed E-state index contributed by atoms with van der Waals surface area (Å²) >= 11 is 0. The monoisotopic (exact) mass is 893 g/mol. The summed E-state index contributed by atoms with van der Waals surface area (Å²) in [6, 6.07) is 0. The van der Waals surface area contributed by atoms with Gasteiger partial charge in [-0.15, -0.1) is 0 Å². The highest BCUT2D eigenvalue weighted by Crippen LogP contribution is 2.14. The van der Waals surface area contributed by atoms with Gasteiger partial charge in [0.05, 0.1) is 0 Å². The molecule has 0 radical (unpaired) electrons. The highest BCUT2D eigenvalue weighted by molar-refractivity contribution is 5.71. The molecule has 0 saturated heterocycles. The summed E-state index contributed by atoms with van der Waals surface area (Å²) in [5.74, 6) is -0.900. The number of hydrogen-bond acceptors (Lipinski definition) is 6. The van der Waals surface area contributed by atoms with Gasteiger partial charge >= 0.3 is 17.9 Å². The van der Waals surface area contributed by atoms with Gasteiger partial charge in [0.25, 0.3) is 0 Å². The second-order valence-electron chi connectivity index (χ2n) is 17.8. The topological polar surface area (TPSA) is 78.9 Å². The highest BCUT2D eigenvalue weighted by Gasteiger charge is 2.19. The first-order valence-electron chi connectivity index (χ1n) is 26.9. The maximum absolute atomic E-state index is 12.8. The Morgan fingerprint density at radius 1 is 0.328 bits per heavy atom. The first-order chi connectivity index (χ1) is 31.5. The highest BCUT2D eigenvalue weighted by atomic mass is 16.6. The van der Waals surface area contributed by atoms with Crippen molar-refractivity contribution in [1.29, 1.82) is 0 Å². The summed E-state index contributed by atoms with van der Waals surface area (Å²) in [6.07, 6.45) is 66.1. The molecule has 0 aliphatic rings. The first kappa shape index (κ1) is 60.9. The molecule has 6 nitrogen and oxygen atoms in total. The molecule has 0 saturated carbocycles. The lowest BCUT2D eigenvalue weighted by molar-refractivity contribution is -0.167. The fraction of sp³-hybridized carbons (Fsp3) is 0.741. The van der Waals surface area contributed by atoms with E-state index in [0.29, 0.717) is 19.3 Å². The zero-order valence-electron chi connectivity index (χ0n) is 42.0. The van der Waals surface area contributed by atoms with Gasteiger partial charge in [0.2, 0.25) is 0 Å². The average Bonchev–Trinajstić information content (AvgIpc) is 3.29. The third-order valence-corrected chi connectivity index (χ3v) is 11.4. The average molecular weight is 893 g/mol. The number of rotatable bonds is 48. The quantitative estimate of drug-likeness (QED) is 0.0262. The van der Waals surface area contributed by atoms with Crippen molar-refractivity contribution in [2.45, 2.75) is 264 Å². The van der Waals surface area contributed by atoms with Crippen molar-refractivity contribution in [2.75, 3.05) is 13.2 Å². The molecule has 0 bridgehead atoms. The number of esters is 3. The molecule has 0 N–H and O–H groups in total. The maximum atomic E-state index is 12.8. The van der Waals surface area contributed by atoms with E-state index in [4.69, 9.17) is 14.2 Å². The van der Waals surface area contributed by atoms with E-state index in [1.165, 1.54) is 116 Å². The van der Waals surface area contributed by atoms with Gasteiger partial charge in [-0.25, -0.2) is 0 Å². The second-order valence-corrected chi connectivity index (χ2v) is 17.8. The molecule has 0 aliphatic carbocycles. The predicted molar refractivity (Wildman–Crippen MR) is 274 cm³/mol. The number of ether oxygens (including phenoxy) is 3. The second kappa shape index (κ2) is 52.5. The Morgan fingerprint density at radius 3 is 0.969 bits per heavy atom. The molecule has 0 aliphatic heterocycles. The summed E-state index contributed by atoms with van der Waals surface area (Å²) in [7, 11) is 0. The lowest BCUT2D eigenvalue weighted by atomic mass is 10.1. The van der Waals surface area contributed by atoms with Gasteiger partial charge in [0.15, 0.2) is 6.10 Å². The molecule has 0 aromatic rings. The molecule has 64 heavy (non-hydrogen) atoms. The van der Waals surface area contributed by atoms with Crippen molar-refractivity contribution in [2.24, 2.45) is 0 Å². The van der Waals surface area contributed by atoms with Gasteiger partial charge in [0.1, 0.15) is 13.2 Å². The van der Waals surface area contributed by atoms with Crippen LogP contribution in [-0.4, -0.2) is 37.2 Å². The van der Waals surface area contributed by atoms with E-state index < -0.39 is 6.10 Å². The van der Waals surface area contributed by atoms with E-state index in [2.05, 4.69) is 93.7 Å². The molecule has 0 spiro atoms. The van der Waals surface area contributed by atoms with Crippen LogP contribution in [0.15, 0.2) is 72.9 Å². The predicted octanol–water partition coefficient (Wildman–Crippen LogP) is 17.8. The minimum Gasteiger partial charge on any atom is -0.462 e. The van der Waals surface area contributed by atoms with Crippen LogP contribution in [0.5, 0.6) is 0 Å². The Labute approximate surface area is 395 Å². The van der Waals surface area contributed by atoms with Gasteiger partial charge in [-0.3, -0.25) is 14.4 Å². The summed E-state index contributed by atoms with van der Waals surface area (Å²) in [4.78, 5) is 37.9. The van der Waals surface area contributed by atoms with Crippen LogP contribution in [0.1, 0.15) is 258 Å². The van der Waals surface area contributed by atoms with Gasteiger partial charge in [-0.2, -0.15) is 0 Å². The molecule has 0 rings (SSSR count). The standard InChI is InChI=1S/C58H100O6/c1-4-7-10-13-16-18-20-22-24-26-28-29-30-32-33-35-37-39-42-45-48-51-57(60)63-54-55(53-62-56(59)50-47-44-41-15-12-9-6-3)64-58(61)52-49-46-43-40-38-36-34-31-27-25-23-21-19-17-14-11-8-5-2/h7,10,16,18-19,21-22,24-25,27-29,55H,4-6,8-9,11-15,17,20,23,26,30-54H2,1-3H3/b10-7-,18-16-,21-19-,24-22-,27-25-,29-28-. The van der Waals surface area contributed by atoms with Gasteiger partial charge in [-0.1, -0.05) is 222 Å². The van der Waals surface area contributed by atoms with Crippen LogP contribution >= 0.6 is 0 Å². The molecular weight excluding hydrogens is 793 g/mol.